The van der Waals surface area contributed by atoms with Crippen LogP contribution in [0.4, 0.5) is 5.69 Å². The highest BCUT2D eigenvalue weighted by atomic mass is 79.9. The Hall–Kier alpha value is -2.15. The zero-order valence-electron chi connectivity index (χ0n) is 9.83. The van der Waals surface area contributed by atoms with Gasteiger partial charge in [-0.1, -0.05) is 0 Å². The molecule has 0 fully saturated rings. The number of ether oxygens (including phenoxy) is 1. The second-order valence-electron chi connectivity index (χ2n) is 3.74. The van der Waals surface area contributed by atoms with Crippen molar-refractivity contribution in [3.8, 4) is 17.4 Å². The molecule has 0 saturated heterocycles. The van der Waals surface area contributed by atoms with Crippen molar-refractivity contribution in [2.24, 2.45) is 0 Å². The molecule has 0 spiro atoms. The Labute approximate surface area is 117 Å². The Morgan fingerprint density at radius 3 is 2.58 bits per heavy atom. The van der Waals surface area contributed by atoms with Crippen molar-refractivity contribution in [3.05, 3.63) is 50.6 Å². The van der Waals surface area contributed by atoms with Gasteiger partial charge in [0.05, 0.1) is 9.40 Å². The number of nitro groups is 1. The number of rotatable bonds is 3. The van der Waals surface area contributed by atoms with E-state index >= 15 is 0 Å². The molecule has 0 aliphatic heterocycles. The second kappa shape index (κ2) is 5.23. The number of nitrogens with zero attached hydrogens (tertiary/aromatic N) is 2. The number of phenols is 1. The van der Waals surface area contributed by atoms with Crippen molar-refractivity contribution in [1.82, 2.24) is 4.98 Å². The average molecular weight is 325 g/mol. The molecule has 0 amide bonds. The summed E-state index contributed by atoms with van der Waals surface area (Å²) in [5.74, 6) is 0.826. The molecule has 6 nitrogen and oxygen atoms in total. The van der Waals surface area contributed by atoms with E-state index in [1.165, 1.54) is 12.1 Å². The maximum absolute atomic E-state index is 10.8. The molecule has 0 radical (unpaired) electrons. The minimum Gasteiger partial charge on any atom is -0.508 e. The van der Waals surface area contributed by atoms with Crippen LogP contribution in [0.5, 0.6) is 17.4 Å². The van der Waals surface area contributed by atoms with Crippen LogP contribution in [0.2, 0.25) is 0 Å². The van der Waals surface area contributed by atoms with Gasteiger partial charge in [-0.05, 0) is 47.1 Å². The summed E-state index contributed by atoms with van der Waals surface area (Å²) in [6.45, 7) is 1.60. The van der Waals surface area contributed by atoms with Crippen LogP contribution in [0.1, 0.15) is 5.56 Å². The fourth-order valence-corrected chi connectivity index (χ4v) is 1.81. The summed E-state index contributed by atoms with van der Waals surface area (Å²) in [7, 11) is 0. The molecule has 1 aromatic heterocycles. The van der Waals surface area contributed by atoms with Crippen LogP contribution in [-0.2, 0) is 0 Å². The van der Waals surface area contributed by atoms with Crippen LogP contribution in [0, 0.1) is 17.0 Å². The van der Waals surface area contributed by atoms with Gasteiger partial charge < -0.3 is 9.84 Å². The van der Waals surface area contributed by atoms with Crippen LogP contribution in [-0.4, -0.2) is 15.0 Å². The summed E-state index contributed by atoms with van der Waals surface area (Å²) in [6, 6.07) is 6.09. The third-order valence-corrected chi connectivity index (χ3v) is 3.39. The minimum absolute atomic E-state index is 0.0788. The molecule has 2 rings (SSSR count). The monoisotopic (exact) mass is 324 g/mol. The van der Waals surface area contributed by atoms with Crippen molar-refractivity contribution in [1.29, 1.82) is 0 Å². The van der Waals surface area contributed by atoms with Crippen LogP contribution in [0.3, 0.4) is 0 Å². The van der Waals surface area contributed by atoms with Gasteiger partial charge in [-0.15, -0.1) is 0 Å². The minimum atomic E-state index is -0.503. The number of hydrogen-bond acceptors (Lipinski definition) is 5. The lowest BCUT2D eigenvalue weighted by Gasteiger charge is -2.08. The highest BCUT2D eigenvalue weighted by Crippen LogP contribution is 2.34. The Bertz CT molecular complexity index is 628. The predicted octanol–water partition coefficient (Wildman–Crippen LogP) is 3.56. The molecule has 7 heteroatoms. The summed E-state index contributed by atoms with van der Waals surface area (Å²) in [5, 5.41) is 19.9. The standard InChI is InChI=1S/C12H9BrN2O4/c1-7-10(15(17)18)6-14-12(11(7)13)19-9-4-2-8(16)3-5-9/h2-6,16H,1H3. The fraction of sp³-hybridized carbons (Fsp3) is 0.0833. The van der Waals surface area contributed by atoms with Gasteiger partial charge in [0.1, 0.15) is 17.7 Å². The highest BCUT2D eigenvalue weighted by Gasteiger charge is 2.18. The van der Waals surface area contributed by atoms with Gasteiger partial charge in [0.25, 0.3) is 5.69 Å². The Balaban J connectivity index is 2.34. The van der Waals surface area contributed by atoms with E-state index in [1.54, 1.807) is 19.1 Å². The van der Waals surface area contributed by atoms with E-state index < -0.39 is 4.92 Å². The van der Waals surface area contributed by atoms with Crippen molar-refractivity contribution < 1.29 is 14.8 Å². The van der Waals surface area contributed by atoms with Gasteiger partial charge in [-0.3, -0.25) is 10.1 Å². The first-order valence-corrected chi connectivity index (χ1v) is 6.04. The Kier molecular flexibility index (Phi) is 3.66. The molecule has 0 bridgehead atoms. The fourth-order valence-electron chi connectivity index (χ4n) is 1.43. The molecule has 98 valence electrons. The molecule has 19 heavy (non-hydrogen) atoms. The van der Waals surface area contributed by atoms with E-state index in [9.17, 15) is 10.1 Å². The SMILES string of the molecule is Cc1c([N+](=O)[O-])cnc(Oc2ccc(O)cc2)c1Br. The number of benzene rings is 1. The zero-order chi connectivity index (χ0) is 14.0. The van der Waals surface area contributed by atoms with Crippen molar-refractivity contribution in [2.75, 3.05) is 0 Å². The molecule has 0 atom stereocenters. The Morgan fingerprint density at radius 1 is 1.37 bits per heavy atom. The van der Waals surface area contributed by atoms with Gasteiger partial charge in [-0.2, -0.15) is 0 Å². The summed E-state index contributed by atoms with van der Waals surface area (Å²) >= 11 is 3.23. The van der Waals surface area contributed by atoms with Crippen LogP contribution >= 0.6 is 15.9 Å². The molecule has 1 aromatic carbocycles. The number of phenolic OH excluding ortho intramolecular Hbond substituents is 1. The zero-order valence-corrected chi connectivity index (χ0v) is 11.4. The van der Waals surface area contributed by atoms with Gasteiger partial charge >= 0.3 is 0 Å². The maximum Gasteiger partial charge on any atom is 0.291 e. The van der Waals surface area contributed by atoms with E-state index in [4.69, 9.17) is 9.84 Å². The smallest absolute Gasteiger partial charge is 0.291 e. The lowest BCUT2D eigenvalue weighted by molar-refractivity contribution is -0.385. The summed E-state index contributed by atoms with van der Waals surface area (Å²) < 4.78 is 5.91. The molecule has 0 aliphatic rings. The van der Waals surface area contributed by atoms with Crippen molar-refractivity contribution in [3.63, 3.8) is 0 Å². The second-order valence-corrected chi connectivity index (χ2v) is 4.53. The van der Waals surface area contributed by atoms with E-state index in [1.807, 2.05) is 0 Å². The van der Waals surface area contributed by atoms with Gasteiger partial charge in [0.15, 0.2) is 0 Å². The first-order chi connectivity index (χ1) is 8.99. The molecule has 0 aliphatic carbocycles. The summed E-state index contributed by atoms with van der Waals surface area (Å²) in [5.41, 5.74) is 0.360. The van der Waals surface area contributed by atoms with E-state index in [0.717, 1.165) is 6.20 Å². The number of halogens is 1. The predicted molar refractivity (Wildman–Crippen MR) is 71.5 cm³/mol. The van der Waals surface area contributed by atoms with Gasteiger partial charge in [0, 0.05) is 5.56 Å². The van der Waals surface area contributed by atoms with Crippen LogP contribution in [0.25, 0.3) is 0 Å². The third-order valence-electron chi connectivity index (χ3n) is 2.45. The third kappa shape index (κ3) is 2.82. The molecule has 2 aromatic rings. The first-order valence-electron chi connectivity index (χ1n) is 5.25. The lowest BCUT2D eigenvalue weighted by atomic mass is 10.2. The van der Waals surface area contributed by atoms with Crippen molar-refractivity contribution >= 4 is 21.6 Å². The molecule has 0 saturated carbocycles. The lowest BCUT2D eigenvalue weighted by Crippen LogP contribution is -1.97. The number of pyridine rings is 1. The molecular weight excluding hydrogens is 316 g/mol. The molecule has 1 heterocycles. The maximum atomic E-state index is 10.8. The number of aromatic nitrogens is 1. The van der Waals surface area contributed by atoms with Crippen LogP contribution in [0.15, 0.2) is 34.9 Å². The quantitative estimate of drug-likeness (QED) is 0.689. The van der Waals surface area contributed by atoms with Crippen LogP contribution < -0.4 is 4.74 Å². The molecule has 1 N–H and O–H groups in total. The van der Waals surface area contributed by atoms with Crippen molar-refractivity contribution in [2.45, 2.75) is 6.92 Å². The molecule has 0 unspecified atom stereocenters. The van der Waals surface area contributed by atoms with E-state index in [-0.39, 0.29) is 17.3 Å². The van der Waals surface area contributed by atoms with Gasteiger partial charge in [0.2, 0.25) is 5.88 Å². The highest BCUT2D eigenvalue weighted by molar-refractivity contribution is 9.10. The normalized spacial score (nSPS) is 10.2. The topological polar surface area (TPSA) is 85.5 Å². The Morgan fingerprint density at radius 2 is 2.00 bits per heavy atom. The number of aromatic hydroxyl groups is 1. The molecular formula is C12H9BrN2O4. The first kappa shape index (κ1) is 13.3. The largest absolute Gasteiger partial charge is 0.508 e. The summed E-state index contributed by atoms with van der Waals surface area (Å²) in [6.07, 6.45) is 1.15. The van der Waals surface area contributed by atoms with E-state index in [2.05, 4.69) is 20.9 Å². The average Bonchev–Trinajstić information content (AvgIpc) is 2.37. The summed E-state index contributed by atoms with van der Waals surface area (Å²) in [4.78, 5) is 14.2. The van der Waals surface area contributed by atoms with E-state index in [0.29, 0.717) is 15.8 Å². The van der Waals surface area contributed by atoms with Gasteiger partial charge in [-0.25, -0.2) is 4.98 Å². The number of hydrogen-bond donors (Lipinski definition) is 1.